The molecule has 88 valence electrons. The molecule has 0 spiro atoms. The summed E-state index contributed by atoms with van der Waals surface area (Å²) in [6.07, 6.45) is 4.24. The molecule has 1 aromatic rings. The summed E-state index contributed by atoms with van der Waals surface area (Å²) in [6.45, 7) is 2.96. The number of ether oxygens (including phenoxy) is 1. The lowest BCUT2D eigenvalue weighted by atomic mass is 10.2. The first kappa shape index (κ1) is 11.0. The maximum Gasteiger partial charge on any atom is 0.358 e. The third-order valence-electron chi connectivity index (χ3n) is 2.82. The highest BCUT2D eigenvalue weighted by Crippen LogP contribution is 2.21. The number of rotatable bonds is 2. The van der Waals surface area contributed by atoms with E-state index in [-0.39, 0.29) is 5.97 Å². The number of hydrogen-bond acceptors (Lipinski definition) is 4. The molecular weight excluding hydrogens is 206 g/mol. The predicted octanol–water partition coefficient (Wildman–Crippen LogP) is 1.37. The minimum Gasteiger partial charge on any atom is -0.461 e. The summed E-state index contributed by atoms with van der Waals surface area (Å²) in [7, 11) is 0. The van der Waals surface area contributed by atoms with Gasteiger partial charge in [0.25, 0.3) is 0 Å². The molecule has 0 fully saturated rings. The quantitative estimate of drug-likeness (QED) is 0.769. The van der Waals surface area contributed by atoms with E-state index in [1.807, 2.05) is 4.57 Å². The van der Waals surface area contributed by atoms with Gasteiger partial charge in [-0.1, -0.05) is 6.42 Å². The molecule has 5 heteroatoms. The van der Waals surface area contributed by atoms with Crippen molar-refractivity contribution < 1.29 is 9.53 Å². The molecule has 0 aromatic carbocycles. The van der Waals surface area contributed by atoms with Crippen LogP contribution in [0, 0.1) is 0 Å². The first-order chi connectivity index (χ1) is 7.74. The van der Waals surface area contributed by atoms with E-state index in [9.17, 15) is 4.79 Å². The maximum atomic E-state index is 11.7. The van der Waals surface area contributed by atoms with Gasteiger partial charge in [-0.15, -0.1) is 0 Å². The summed E-state index contributed by atoms with van der Waals surface area (Å²) in [4.78, 5) is 16.0. The van der Waals surface area contributed by atoms with Gasteiger partial charge in [0.05, 0.1) is 6.61 Å². The number of carbonyl (C=O) groups excluding carboxylic acids is 1. The van der Waals surface area contributed by atoms with Gasteiger partial charge in [-0.25, -0.2) is 9.78 Å². The number of esters is 1. The molecule has 0 saturated carbocycles. The van der Waals surface area contributed by atoms with Crippen LogP contribution in [0.15, 0.2) is 0 Å². The maximum absolute atomic E-state index is 11.7. The predicted molar refractivity (Wildman–Crippen MR) is 60.2 cm³/mol. The standard InChI is InChI=1S/C11H17N3O2/c1-2-16-11(15)9-10(12)13-8-6-4-3-5-7-14(8)9/h2-7,12H2,1H3. The molecule has 0 bridgehead atoms. The van der Waals surface area contributed by atoms with Crippen LogP contribution in [0.2, 0.25) is 0 Å². The summed E-state index contributed by atoms with van der Waals surface area (Å²) in [5, 5.41) is 0. The number of nitrogens with two attached hydrogens (primary N) is 1. The molecule has 2 rings (SSSR count). The lowest BCUT2D eigenvalue weighted by Crippen LogP contribution is -2.14. The number of nitrogen functional groups attached to an aromatic ring is 1. The number of aryl methyl sites for hydroxylation is 1. The van der Waals surface area contributed by atoms with E-state index in [4.69, 9.17) is 10.5 Å². The summed E-state index contributed by atoms with van der Waals surface area (Å²) in [6, 6.07) is 0. The molecule has 16 heavy (non-hydrogen) atoms. The van der Waals surface area contributed by atoms with E-state index in [1.165, 1.54) is 6.42 Å². The van der Waals surface area contributed by atoms with Crippen LogP contribution in [-0.2, 0) is 17.7 Å². The minimum absolute atomic E-state index is 0.301. The molecular formula is C11H17N3O2. The summed E-state index contributed by atoms with van der Waals surface area (Å²) in [5.41, 5.74) is 6.20. The number of hydrogen-bond donors (Lipinski definition) is 1. The number of carbonyl (C=O) groups is 1. The van der Waals surface area contributed by atoms with Gasteiger partial charge in [0.1, 0.15) is 5.82 Å². The highest BCUT2D eigenvalue weighted by molar-refractivity contribution is 5.92. The molecule has 2 heterocycles. The van der Waals surface area contributed by atoms with Crippen molar-refractivity contribution in [3.8, 4) is 0 Å². The van der Waals surface area contributed by atoms with Crippen molar-refractivity contribution in [1.82, 2.24) is 9.55 Å². The molecule has 0 saturated heterocycles. The number of imidazole rings is 1. The van der Waals surface area contributed by atoms with Gasteiger partial charge < -0.3 is 15.0 Å². The topological polar surface area (TPSA) is 70.1 Å². The van der Waals surface area contributed by atoms with Crippen LogP contribution in [0.4, 0.5) is 5.82 Å². The Balaban J connectivity index is 2.36. The van der Waals surface area contributed by atoms with E-state index in [2.05, 4.69) is 4.98 Å². The molecule has 0 aliphatic carbocycles. The van der Waals surface area contributed by atoms with E-state index < -0.39 is 0 Å². The molecule has 2 N–H and O–H groups in total. The molecule has 0 atom stereocenters. The number of fused-ring (bicyclic) bond motifs is 1. The number of aromatic nitrogens is 2. The largest absolute Gasteiger partial charge is 0.461 e. The fraction of sp³-hybridized carbons (Fsp3) is 0.636. The first-order valence-electron chi connectivity index (χ1n) is 5.76. The second-order valence-corrected chi connectivity index (χ2v) is 3.94. The van der Waals surface area contributed by atoms with E-state index in [0.29, 0.717) is 18.1 Å². The molecule has 1 aromatic heterocycles. The Kier molecular flexibility index (Phi) is 3.12. The molecule has 1 aliphatic heterocycles. The van der Waals surface area contributed by atoms with Crippen molar-refractivity contribution in [3.05, 3.63) is 11.5 Å². The average Bonchev–Trinajstić information content (AvgIpc) is 2.43. The van der Waals surface area contributed by atoms with Crippen LogP contribution in [-0.4, -0.2) is 22.1 Å². The normalized spacial score (nSPS) is 15.3. The van der Waals surface area contributed by atoms with Crippen LogP contribution in [0.3, 0.4) is 0 Å². The first-order valence-corrected chi connectivity index (χ1v) is 5.76. The Hall–Kier alpha value is -1.52. The molecule has 0 radical (unpaired) electrons. The monoisotopic (exact) mass is 223 g/mol. The van der Waals surface area contributed by atoms with E-state index >= 15 is 0 Å². The van der Waals surface area contributed by atoms with Crippen molar-refractivity contribution in [2.75, 3.05) is 12.3 Å². The molecule has 0 amide bonds. The van der Waals surface area contributed by atoms with E-state index in [1.54, 1.807) is 6.92 Å². The highest BCUT2D eigenvalue weighted by Gasteiger charge is 2.23. The highest BCUT2D eigenvalue weighted by atomic mass is 16.5. The Morgan fingerprint density at radius 1 is 1.50 bits per heavy atom. The summed E-state index contributed by atoms with van der Waals surface area (Å²) >= 11 is 0. The SMILES string of the molecule is CCOC(=O)c1c(N)nc2n1CCCCC2. The smallest absolute Gasteiger partial charge is 0.358 e. The van der Waals surface area contributed by atoms with Crippen molar-refractivity contribution in [3.63, 3.8) is 0 Å². The van der Waals surface area contributed by atoms with Gasteiger partial charge >= 0.3 is 5.97 Å². The fourth-order valence-corrected chi connectivity index (χ4v) is 2.10. The molecule has 1 aliphatic rings. The Bertz CT molecular complexity index is 398. The van der Waals surface area contributed by atoms with E-state index in [0.717, 1.165) is 31.6 Å². The van der Waals surface area contributed by atoms with Crippen molar-refractivity contribution in [2.45, 2.75) is 39.2 Å². The van der Waals surface area contributed by atoms with Gasteiger partial charge in [0.2, 0.25) is 0 Å². The van der Waals surface area contributed by atoms with Gasteiger partial charge in [-0.2, -0.15) is 0 Å². The van der Waals surface area contributed by atoms with Crippen molar-refractivity contribution >= 4 is 11.8 Å². The zero-order chi connectivity index (χ0) is 11.5. The van der Waals surface area contributed by atoms with Crippen LogP contribution in [0.25, 0.3) is 0 Å². The van der Waals surface area contributed by atoms with Crippen molar-refractivity contribution in [2.24, 2.45) is 0 Å². The second-order valence-electron chi connectivity index (χ2n) is 3.94. The van der Waals surface area contributed by atoms with Gasteiger partial charge in [-0.3, -0.25) is 0 Å². The van der Waals surface area contributed by atoms with Crippen molar-refractivity contribution in [1.29, 1.82) is 0 Å². The summed E-state index contributed by atoms with van der Waals surface area (Å²) < 4.78 is 6.91. The summed E-state index contributed by atoms with van der Waals surface area (Å²) in [5.74, 6) is 0.856. The lowest BCUT2D eigenvalue weighted by Gasteiger charge is -2.07. The zero-order valence-corrected chi connectivity index (χ0v) is 9.53. The number of nitrogens with zero attached hydrogens (tertiary/aromatic N) is 2. The van der Waals surface area contributed by atoms with Gasteiger partial charge in [0, 0.05) is 13.0 Å². The Labute approximate surface area is 94.6 Å². The Morgan fingerprint density at radius 3 is 3.06 bits per heavy atom. The van der Waals surface area contributed by atoms with Crippen LogP contribution < -0.4 is 5.73 Å². The van der Waals surface area contributed by atoms with Crippen LogP contribution in [0.1, 0.15) is 42.5 Å². The fourth-order valence-electron chi connectivity index (χ4n) is 2.10. The number of anilines is 1. The van der Waals surface area contributed by atoms with Crippen LogP contribution in [0.5, 0.6) is 0 Å². The third kappa shape index (κ3) is 1.89. The molecule has 5 nitrogen and oxygen atoms in total. The van der Waals surface area contributed by atoms with Gasteiger partial charge in [-0.05, 0) is 19.8 Å². The average molecular weight is 223 g/mol. The van der Waals surface area contributed by atoms with Gasteiger partial charge in [0.15, 0.2) is 11.5 Å². The second kappa shape index (κ2) is 4.55. The minimum atomic E-state index is -0.361. The molecule has 0 unspecified atom stereocenters. The zero-order valence-electron chi connectivity index (χ0n) is 9.53. The Morgan fingerprint density at radius 2 is 2.31 bits per heavy atom. The lowest BCUT2D eigenvalue weighted by molar-refractivity contribution is 0.0514. The third-order valence-corrected chi connectivity index (χ3v) is 2.82. The van der Waals surface area contributed by atoms with Crippen LogP contribution >= 0.6 is 0 Å².